The third-order valence-corrected chi connectivity index (χ3v) is 2.58. The Morgan fingerprint density at radius 2 is 2.18 bits per heavy atom. The van der Waals surface area contributed by atoms with Gasteiger partial charge in [0, 0.05) is 5.88 Å². The van der Waals surface area contributed by atoms with Gasteiger partial charge in [-0.2, -0.15) is 0 Å². The summed E-state index contributed by atoms with van der Waals surface area (Å²) in [6.45, 7) is 1.79. The molecule has 2 N–H and O–H groups in total. The zero-order valence-corrected chi connectivity index (χ0v) is 10.2. The zero-order valence-electron chi connectivity index (χ0n) is 9.47. The fraction of sp³-hybridized carbons (Fsp3) is 0.417. The fourth-order valence-corrected chi connectivity index (χ4v) is 1.57. The number of halogens is 1. The van der Waals surface area contributed by atoms with E-state index in [0.717, 1.165) is 5.56 Å². The lowest BCUT2D eigenvalue weighted by Gasteiger charge is -2.17. The normalized spacial score (nSPS) is 14.1. The Kier molecular flexibility index (Phi) is 5.41. The van der Waals surface area contributed by atoms with Gasteiger partial charge in [-0.15, -0.1) is 11.6 Å². The second kappa shape index (κ2) is 6.59. The summed E-state index contributed by atoms with van der Waals surface area (Å²) in [5.41, 5.74) is 1.24. The van der Waals surface area contributed by atoms with E-state index in [1.54, 1.807) is 31.2 Å². The molecular formula is C12H15ClO4. The number of rotatable bonds is 5. The molecule has 0 aromatic heterocycles. The van der Waals surface area contributed by atoms with Gasteiger partial charge >= 0.3 is 5.97 Å². The SMILES string of the molecule is CCOC(=O)C(O)C(O)c1cccc(CCl)c1. The molecular weight excluding hydrogens is 244 g/mol. The maximum Gasteiger partial charge on any atom is 0.338 e. The first-order valence-electron chi connectivity index (χ1n) is 5.27. The summed E-state index contributed by atoms with van der Waals surface area (Å²) in [5, 5.41) is 19.4. The van der Waals surface area contributed by atoms with Crippen molar-refractivity contribution in [3.63, 3.8) is 0 Å². The lowest BCUT2D eigenvalue weighted by atomic mass is 10.0. The molecule has 94 valence electrons. The molecule has 0 aliphatic rings. The third kappa shape index (κ3) is 3.70. The standard InChI is InChI=1S/C12H15ClO4/c1-2-17-12(16)11(15)10(14)9-5-3-4-8(6-9)7-13/h3-6,10-11,14-15H,2,7H2,1H3. The van der Waals surface area contributed by atoms with Crippen molar-refractivity contribution >= 4 is 17.6 Å². The number of esters is 1. The van der Waals surface area contributed by atoms with Crippen LogP contribution in [0.2, 0.25) is 0 Å². The van der Waals surface area contributed by atoms with E-state index in [1.807, 2.05) is 0 Å². The second-order valence-electron chi connectivity index (χ2n) is 3.52. The first-order chi connectivity index (χ1) is 8.10. The Bertz CT molecular complexity index is 381. The van der Waals surface area contributed by atoms with E-state index in [0.29, 0.717) is 11.4 Å². The summed E-state index contributed by atoms with van der Waals surface area (Å²) in [5.74, 6) is -0.535. The van der Waals surface area contributed by atoms with Gasteiger partial charge in [0.2, 0.25) is 0 Å². The molecule has 5 heteroatoms. The molecule has 0 saturated carbocycles. The lowest BCUT2D eigenvalue weighted by molar-refractivity contribution is -0.159. The van der Waals surface area contributed by atoms with E-state index in [4.69, 9.17) is 11.6 Å². The van der Waals surface area contributed by atoms with Crippen LogP contribution in [0.15, 0.2) is 24.3 Å². The number of carbonyl (C=O) groups excluding carboxylic acids is 1. The van der Waals surface area contributed by atoms with Crippen LogP contribution in [-0.4, -0.2) is 28.9 Å². The minimum atomic E-state index is -1.58. The first-order valence-corrected chi connectivity index (χ1v) is 5.81. The molecule has 0 amide bonds. The van der Waals surface area contributed by atoms with Crippen LogP contribution >= 0.6 is 11.6 Å². The van der Waals surface area contributed by atoms with Crippen molar-refractivity contribution < 1.29 is 19.7 Å². The molecule has 0 aliphatic carbocycles. The lowest BCUT2D eigenvalue weighted by Crippen LogP contribution is -2.29. The van der Waals surface area contributed by atoms with E-state index >= 15 is 0 Å². The van der Waals surface area contributed by atoms with Gasteiger partial charge in [-0.25, -0.2) is 4.79 Å². The highest BCUT2D eigenvalue weighted by Crippen LogP contribution is 2.19. The number of carbonyl (C=O) groups is 1. The van der Waals surface area contributed by atoms with Gasteiger partial charge in [-0.3, -0.25) is 0 Å². The van der Waals surface area contributed by atoms with Gasteiger partial charge in [0.05, 0.1) is 6.61 Å². The van der Waals surface area contributed by atoms with Crippen LogP contribution in [0, 0.1) is 0 Å². The van der Waals surface area contributed by atoms with Crippen LogP contribution in [0.3, 0.4) is 0 Å². The summed E-state index contributed by atoms with van der Waals surface area (Å²) in [4.78, 5) is 11.3. The molecule has 0 bridgehead atoms. The minimum absolute atomic E-state index is 0.157. The molecule has 0 fully saturated rings. The number of benzene rings is 1. The average molecular weight is 259 g/mol. The maximum absolute atomic E-state index is 11.3. The van der Waals surface area contributed by atoms with Crippen LogP contribution in [0.4, 0.5) is 0 Å². The Balaban J connectivity index is 2.80. The summed E-state index contributed by atoms with van der Waals surface area (Å²) >= 11 is 5.66. The van der Waals surface area contributed by atoms with Crippen LogP contribution in [0.25, 0.3) is 0 Å². The fourth-order valence-electron chi connectivity index (χ4n) is 1.40. The topological polar surface area (TPSA) is 66.8 Å². The molecule has 2 atom stereocenters. The molecule has 0 spiro atoms. The van der Waals surface area contributed by atoms with Crippen LogP contribution in [0.1, 0.15) is 24.2 Å². The number of ether oxygens (including phenoxy) is 1. The van der Waals surface area contributed by atoms with Crippen molar-refractivity contribution in [2.24, 2.45) is 0 Å². The van der Waals surface area contributed by atoms with Crippen molar-refractivity contribution in [3.8, 4) is 0 Å². The van der Waals surface area contributed by atoms with E-state index in [1.165, 1.54) is 0 Å². The highest BCUT2D eigenvalue weighted by molar-refractivity contribution is 6.17. The Morgan fingerprint density at radius 1 is 1.47 bits per heavy atom. The third-order valence-electron chi connectivity index (χ3n) is 2.27. The van der Waals surface area contributed by atoms with Crippen molar-refractivity contribution in [1.29, 1.82) is 0 Å². The predicted molar refractivity (Wildman–Crippen MR) is 63.6 cm³/mol. The maximum atomic E-state index is 11.3. The largest absolute Gasteiger partial charge is 0.464 e. The Labute approximate surface area is 105 Å². The quantitative estimate of drug-likeness (QED) is 0.619. The van der Waals surface area contributed by atoms with Gasteiger partial charge < -0.3 is 14.9 Å². The number of hydrogen-bond donors (Lipinski definition) is 2. The van der Waals surface area contributed by atoms with Crippen LogP contribution in [0.5, 0.6) is 0 Å². The van der Waals surface area contributed by atoms with Crippen molar-refractivity contribution in [2.75, 3.05) is 6.61 Å². The molecule has 17 heavy (non-hydrogen) atoms. The molecule has 1 rings (SSSR count). The smallest absolute Gasteiger partial charge is 0.338 e. The van der Waals surface area contributed by atoms with Crippen molar-refractivity contribution in [2.45, 2.75) is 25.0 Å². The van der Waals surface area contributed by atoms with Crippen molar-refractivity contribution in [1.82, 2.24) is 0 Å². The van der Waals surface area contributed by atoms with Gasteiger partial charge in [0.1, 0.15) is 6.10 Å². The summed E-state index contributed by atoms with van der Waals surface area (Å²) < 4.78 is 4.63. The molecule has 0 aliphatic heterocycles. The Morgan fingerprint density at radius 3 is 2.76 bits per heavy atom. The van der Waals surface area contributed by atoms with E-state index in [9.17, 15) is 15.0 Å². The van der Waals surface area contributed by atoms with Gasteiger partial charge in [0.15, 0.2) is 6.10 Å². The highest BCUT2D eigenvalue weighted by Gasteiger charge is 2.26. The Hall–Kier alpha value is -1.10. The van der Waals surface area contributed by atoms with Gasteiger partial charge in [-0.1, -0.05) is 24.3 Å². The summed E-state index contributed by atoms with van der Waals surface area (Å²) in [7, 11) is 0. The molecule has 1 aromatic rings. The number of aliphatic hydroxyl groups is 2. The molecule has 0 radical (unpaired) electrons. The number of hydrogen-bond acceptors (Lipinski definition) is 4. The molecule has 0 saturated heterocycles. The summed E-state index contributed by atoms with van der Waals surface area (Å²) in [6.07, 6.45) is -2.89. The van der Waals surface area contributed by atoms with E-state index < -0.39 is 18.2 Å². The number of alkyl halides is 1. The highest BCUT2D eigenvalue weighted by atomic mass is 35.5. The summed E-state index contributed by atoms with van der Waals surface area (Å²) in [6, 6.07) is 6.75. The first kappa shape index (κ1) is 14.0. The monoisotopic (exact) mass is 258 g/mol. The predicted octanol–water partition coefficient (Wildman–Crippen LogP) is 1.38. The van der Waals surface area contributed by atoms with E-state index in [2.05, 4.69) is 4.74 Å². The number of aliphatic hydroxyl groups excluding tert-OH is 2. The molecule has 2 unspecified atom stereocenters. The molecule has 4 nitrogen and oxygen atoms in total. The van der Waals surface area contributed by atoms with Gasteiger partial charge in [0.25, 0.3) is 0 Å². The van der Waals surface area contributed by atoms with Crippen molar-refractivity contribution in [3.05, 3.63) is 35.4 Å². The van der Waals surface area contributed by atoms with E-state index in [-0.39, 0.29) is 6.61 Å². The second-order valence-corrected chi connectivity index (χ2v) is 3.79. The molecule has 1 aromatic carbocycles. The van der Waals surface area contributed by atoms with Crippen LogP contribution < -0.4 is 0 Å². The minimum Gasteiger partial charge on any atom is -0.464 e. The van der Waals surface area contributed by atoms with Crippen LogP contribution in [-0.2, 0) is 15.4 Å². The molecule has 0 heterocycles. The zero-order chi connectivity index (χ0) is 12.8. The van der Waals surface area contributed by atoms with Gasteiger partial charge in [-0.05, 0) is 18.1 Å². The average Bonchev–Trinajstić information content (AvgIpc) is 2.37.